The van der Waals surface area contributed by atoms with Crippen molar-refractivity contribution in [1.82, 2.24) is 34.5 Å². The lowest BCUT2D eigenvalue weighted by atomic mass is 10.1. The number of methoxy groups -OCH3 is 2. The van der Waals surface area contributed by atoms with E-state index in [-0.39, 0.29) is 11.6 Å². The summed E-state index contributed by atoms with van der Waals surface area (Å²) >= 11 is 0. The van der Waals surface area contributed by atoms with E-state index in [9.17, 15) is 12.8 Å². The minimum atomic E-state index is -3.81. The molecule has 0 aliphatic carbocycles. The fourth-order valence-corrected chi connectivity index (χ4v) is 6.18. The summed E-state index contributed by atoms with van der Waals surface area (Å²) in [7, 11) is -0.762. The summed E-state index contributed by atoms with van der Waals surface area (Å²) in [6.45, 7) is 4.09. The van der Waals surface area contributed by atoms with Gasteiger partial charge < -0.3 is 9.47 Å². The maximum atomic E-state index is 13.6. The minimum Gasteiger partial charge on any atom is -0.494 e. The van der Waals surface area contributed by atoms with Crippen LogP contribution >= 0.6 is 0 Å². The van der Waals surface area contributed by atoms with E-state index in [1.54, 1.807) is 36.6 Å². The lowest BCUT2D eigenvalue weighted by molar-refractivity contribution is 0.390. The number of aryl methyl sites for hydroxylation is 2. The molecule has 13 heteroatoms. The topological polar surface area (TPSA) is 127 Å². The third kappa shape index (κ3) is 4.62. The maximum Gasteiger partial charge on any atom is 0.189 e. The standard InChI is InChI=1S/C25H28FN7O4S/c1-15(24-27-12-17(26)13-28-24)16(2)38(34,35)14-22-29-30-25(19-11-18-7-6-10-32(18)31-19)33(22)23-20(36-3)8-5-9-21(23)37-4/h5,8-9,11-13,15-16H,6-7,10,14H2,1-4H3/t15-,16-/m0/s1. The summed E-state index contributed by atoms with van der Waals surface area (Å²) in [5.41, 5.74) is 2.13. The molecule has 0 unspecified atom stereocenters. The molecular formula is C25H28FN7O4S. The molecule has 0 bridgehead atoms. The summed E-state index contributed by atoms with van der Waals surface area (Å²) in [5.74, 6) is 0.0953. The van der Waals surface area contributed by atoms with Gasteiger partial charge in [0, 0.05) is 18.2 Å². The molecule has 2 atom stereocenters. The van der Waals surface area contributed by atoms with Gasteiger partial charge in [0.05, 0.1) is 31.9 Å². The molecule has 0 saturated heterocycles. The van der Waals surface area contributed by atoms with E-state index in [0.717, 1.165) is 37.5 Å². The van der Waals surface area contributed by atoms with E-state index in [2.05, 4.69) is 20.2 Å². The highest BCUT2D eigenvalue weighted by atomic mass is 32.2. The molecule has 0 amide bonds. The molecule has 38 heavy (non-hydrogen) atoms. The third-order valence-electron chi connectivity index (χ3n) is 6.90. The van der Waals surface area contributed by atoms with Crippen molar-refractivity contribution in [3.63, 3.8) is 0 Å². The van der Waals surface area contributed by atoms with Gasteiger partial charge in [-0.05, 0) is 38.0 Å². The Balaban J connectivity index is 1.60. The number of halogens is 1. The number of sulfone groups is 1. The van der Waals surface area contributed by atoms with Crippen molar-refractivity contribution in [2.24, 2.45) is 0 Å². The van der Waals surface area contributed by atoms with Crippen LogP contribution in [0.3, 0.4) is 0 Å². The van der Waals surface area contributed by atoms with Crippen LogP contribution < -0.4 is 9.47 Å². The normalized spacial score (nSPS) is 14.8. The van der Waals surface area contributed by atoms with Crippen LogP contribution in [-0.4, -0.2) is 62.4 Å². The van der Waals surface area contributed by atoms with Crippen LogP contribution in [0.2, 0.25) is 0 Å². The van der Waals surface area contributed by atoms with Crippen molar-refractivity contribution in [2.45, 2.75) is 50.2 Å². The quantitative estimate of drug-likeness (QED) is 0.314. The molecule has 4 aromatic rings. The van der Waals surface area contributed by atoms with Crippen LogP contribution in [0, 0.1) is 5.82 Å². The second-order valence-corrected chi connectivity index (χ2v) is 11.6. The van der Waals surface area contributed by atoms with Crippen LogP contribution in [0.1, 0.15) is 43.5 Å². The second kappa shape index (κ2) is 10.1. The molecule has 0 saturated carbocycles. The van der Waals surface area contributed by atoms with Gasteiger partial charge in [0.25, 0.3) is 0 Å². The lowest BCUT2D eigenvalue weighted by Gasteiger charge is -2.20. The Kier molecular flexibility index (Phi) is 6.86. The summed E-state index contributed by atoms with van der Waals surface area (Å²) < 4.78 is 55.4. The van der Waals surface area contributed by atoms with Crippen molar-refractivity contribution >= 4 is 9.84 Å². The fourth-order valence-electron chi connectivity index (χ4n) is 4.62. The van der Waals surface area contributed by atoms with Crippen LogP contribution in [0.15, 0.2) is 36.7 Å². The zero-order valence-electron chi connectivity index (χ0n) is 21.5. The van der Waals surface area contributed by atoms with Crippen LogP contribution in [0.25, 0.3) is 17.2 Å². The number of para-hydroxylation sites is 1. The molecule has 0 spiro atoms. The number of benzene rings is 1. The largest absolute Gasteiger partial charge is 0.494 e. The van der Waals surface area contributed by atoms with Gasteiger partial charge in [-0.1, -0.05) is 13.0 Å². The first-order chi connectivity index (χ1) is 18.2. The van der Waals surface area contributed by atoms with Gasteiger partial charge in [0.2, 0.25) is 0 Å². The molecule has 5 rings (SSSR count). The Labute approximate surface area is 219 Å². The number of rotatable bonds is 9. The average molecular weight is 542 g/mol. The van der Waals surface area contributed by atoms with Crippen molar-refractivity contribution in [2.75, 3.05) is 14.2 Å². The Bertz CT molecular complexity index is 1520. The van der Waals surface area contributed by atoms with E-state index in [1.807, 2.05) is 10.7 Å². The Morgan fingerprint density at radius 3 is 2.39 bits per heavy atom. The molecule has 0 radical (unpaired) electrons. The van der Waals surface area contributed by atoms with E-state index >= 15 is 0 Å². The van der Waals surface area contributed by atoms with Gasteiger partial charge in [-0.15, -0.1) is 10.2 Å². The smallest absolute Gasteiger partial charge is 0.189 e. The molecule has 1 aliphatic heterocycles. The van der Waals surface area contributed by atoms with Gasteiger partial charge in [-0.25, -0.2) is 22.8 Å². The maximum absolute atomic E-state index is 13.6. The molecule has 4 heterocycles. The highest BCUT2D eigenvalue weighted by Crippen LogP contribution is 2.37. The molecule has 3 aromatic heterocycles. The molecule has 200 valence electrons. The second-order valence-electron chi connectivity index (χ2n) is 9.19. The highest BCUT2D eigenvalue weighted by Gasteiger charge is 2.33. The number of ether oxygens (including phenoxy) is 2. The first kappa shape index (κ1) is 25.8. The minimum absolute atomic E-state index is 0.176. The van der Waals surface area contributed by atoms with Gasteiger partial charge in [0.15, 0.2) is 27.3 Å². The predicted molar refractivity (Wildman–Crippen MR) is 136 cm³/mol. The lowest BCUT2D eigenvalue weighted by Crippen LogP contribution is -2.27. The molecule has 11 nitrogen and oxygen atoms in total. The SMILES string of the molecule is COc1cccc(OC)c1-n1c(CS(=O)(=O)[C@@H](C)[C@H](C)c2ncc(F)cn2)nnc1-c1cc2n(n1)CCC2. The van der Waals surface area contributed by atoms with Crippen molar-refractivity contribution < 1.29 is 22.3 Å². The number of hydrogen-bond acceptors (Lipinski definition) is 9. The van der Waals surface area contributed by atoms with Gasteiger partial charge in [0.1, 0.15) is 34.5 Å². The van der Waals surface area contributed by atoms with Crippen LogP contribution in [-0.2, 0) is 28.6 Å². The van der Waals surface area contributed by atoms with Crippen molar-refractivity contribution in [1.29, 1.82) is 0 Å². The number of nitrogens with zero attached hydrogens (tertiary/aromatic N) is 7. The average Bonchev–Trinajstić information content (AvgIpc) is 3.62. The monoisotopic (exact) mass is 541 g/mol. The summed E-state index contributed by atoms with van der Waals surface area (Å²) in [4.78, 5) is 7.94. The van der Waals surface area contributed by atoms with E-state index in [0.29, 0.717) is 28.7 Å². The highest BCUT2D eigenvalue weighted by molar-refractivity contribution is 7.91. The predicted octanol–water partition coefficient (Wildman–Crippen LogP) is 3.13. The van der Waals surface area contributed by atoms with Crippen LogP contribution in [0.4, 0.5) is 4.39 Å². The Morgan fingerprint density at radius 2 is 1.76 bits per heavy atom. The third-order valence-corrected chi connectivity index (χ3v) is 9.10. The first-order valence-corrected chi connectivity index (χ1v) is 13.9. The Hall–Kier alpha value is -3.87. The van der Waals surface area contributed by atoms with Crippen molar-refractivity contribution in [3.05, 3.63) is 59.8 Å². The van der Waals surface area contributed by atoms with E-state index in [1.165, 1.54) is 14.2 Å². The van der Waals surface area contributed by atoms with Gasteiger partial charge in [-0.2, -0.15) is 5.10 Å². The van der Waals surface area contributed by atoms with E-state index in [4.69, 9.17) is 14.6 Å². The summed E-state index contributed by atoms with van der Waals surface area (Å²) in [6.07, 6.45) is 3.97. The van der Waals surface area contributed by atoms with Gasteiger partial charge >= 0.3 is 0 Å². The van der Waals surface area contributed by atoms with E-state index < -0.39 is 32.6 Å². The number of fused-ring (bicyclic) bond motifs is 1. The summed E-state index contributed by atoms with van der Waals surface area (Å²) in [5, 5.41) is 12.5. The Morgan fingerprint density at radius 1 is 1.08 bits per heavy atom. The fraction of sp³-hybridized carbons (Fsp3) is 0.400. The molecule has 0 fully saturated rings. The molecule has 1 aromatic carbocycles. The summed E-state index contributed by atoms with van der Waals surface area (Å²) in [6, 6.07) is 7.23. The zero-order chi connectivity index (χ0) is 27.0. The molecular weight excluding hydrogens is 513 g/mol. The molecule has 1 aliphatic rings. The number of hydrogen-bond donors (Lipinski definition) is 0. The van der Waals surface area contributed by atoms with Crippen molar-refractivity contribution in [3.8, 4) is 28.7 Å². The first-order valence-electron chi connectivity index (χ1n) is 12.1. The molecule has 0 N–H and O–H groups in total. The zero-order valence-corrected chi connectivity index (χ0v) is 22.3. The van der Waals surface area contributed by atoms with Gasteiger partial charge in [-0.3, -0.25) is 9.25 Å². The number of aromatic nitrogens is 7. The van der Waals surface area contributed by atoms with Crippen LogP contribution in [0.5, 0.6) is 11.5 Å².